The molecule has 3 N–H and O–H groups in total. The van der Waals surface area contributed by atoms with E-state index in [0.29, 0.717) is 30.6 Å². The van der Waals surface area contributed by atoms with Crippen LogP contribution in [0, 0.1) is 34.5 Å². The van der Waals surface area contributed by atoms with Crippen molar-refractivity contribution in [1.82, 2.24) is 5.32 Å². The maximum absolute atomic E-state index is 12.0. The van der Waals surface area contributed by atoms with Gasteiger partial charge in [-0.3, -0.25) is 4.79 Å². The number of allylic oxidation sites excluding steroid dienone is 1. The van der Waals surface area contributed by atoms with E-state index < -0.39 is 0 Å². The number of aliphatic hydroxyl groups is 2. The number of amides is 1. The van der Waals surface area contributed by atoms with Crippen molar-refractivity contribution in [2.75, 3.05) is 13.2 Å². The van der Waals surface area contributed by atoms with Gasteiger partial charge in [0.1, 0.15) is 0 Å². The second-order valence-corrected chi connectivity index (χ2v) is 9.95. The van der Waals surface area contributed by atoms with Crippen LogP contribution in [0.4, 0.5) is 0 Å². The molecular formula is C23H39NO3. The number of aliphatic hydroxyl groups excluding tert-OH is 2. The number of hydrogen-bond donors (Lipinski definition) is 3. The highest BCUT2D eigenvalue weighted by Gasteiger charge is 2.56. The molecule has 154 valence electrons. The van der Waals surface area contributed by atoms with Gasteiger partial charge >= 0.3 is 0 Å². The van der Waals surface area contributed by atoms with Gasteiger partial charge < -0.3 is 15.5 Å². The van der Waals surface area contributed by atoms with Crippen LogP contribution in [-0.4, -0.2) is 35.4 Å². The molecule has 0 aromatic rings. The summed E-state index contributed by atoms with van der Waals surface area (Å²) in [6, 6.07) is 0. The molecule has 0 saturated heterocycles. The number of carbonyl (C=O) groups excluding carboxylic acids is 1. The molecule has 0 radical (unpaired) electrons. The lowest BCUT2D eigenvalue weighted by Gasteiger charge is -2.56. The molecule has 0 heterocycles. The van der Waals surface area contributed by atoms with Crippen LogP contribution in [0.15, 0.2) is 12.2 Å². The van der Waals surface area contributed by atoms with Gasteiger partial charge in [-0.2, -0.15) is 0 Å². The summed E-state index contributed by atoms with van der Waals surface area (Å²) in [6.45, 7) is 11.9. The molecular weight excluding hydrogens is 338 g/mol. The monoisotopic (exact) mass is 377 g/mol. The SMILES string of the molecule is C=C1CC[C@H]2[C@H](CNC(=O)CC)[C@@H]([C@]3(C)CC[C@H](O)C[C@@H]3CO)CC[C@]12C. The quantitative estimate of drug-likeness (QED) is 0.640. The molecule has 4 nitrogen and oxygen atoms in total. The zero-order chi connectivity index (χ0) is 19.8. The minimum Gasteiger partial charge on any atom is -0.396 e. The van der Waals surface area contributed by atoms with Crippen molar-refractivity contribution in [3.63, 3.8) is 0 Å². The molecule has 0 spiro atoms. The van der Waals surface area contributed by atoms with Gasteiger partial charge in [0, 0.05) is 19.6 Å². The highest BCUT2D eigenvalue weighted by Crippen LogP contribution is 2.63. The molecule has 3 aliphatic rings. The smallest absolute Gasteiger partial charge is 0.219 e. The Morgan fingerprint density at radius 1 is 1.22 bits per heavy atom. The molecule has 0 aliphatic heterocycles. The fourth-order valence-electron chi connectivity index (χ4n) is 6.82. The van der Waals surface area contributed by atoms with Gasteiger partial charge in [0.15, 0.2) is 0 Å². The lowest BCUT2D eigenvalue weighted by Crippen LogP contribution is -2.53. The van der Waals surface area contributed by atoms with Crippen LogP contribution in [0.5, 0.6) is 0 Å². The van der Waals surface area contributed by atoms with Crippen molar-refractivity contribution >= 4 is 5.91 Å². The number of fused-ring (bicyclic) bond motifs is 1. The molecule has 3 saturated carbocycles. The Balaban J connectivity index is 1.90. The van der Waals surface area contributed by atoms with E-state index in [9.17, 15) is 15.0 Å². The first kappa shape index (κ1) is 20.9. The summed E-state index contributed by atoms with van der Waals surface area (Å²) >= 11 is 0. The lowest BCUT2D eigenvalue weighted by molar-refractivity contribution is -0.123. The molecule has 3 rings (SSSR count). The third kappa shape index (κ3) is 3.60. The van der Waals surface area contributed by atoms with Gasteiger partial charge in [-0.25, -0.2) is 0 Å². The first-order valence-corrected chi connectivity index (χ1v) is 11.0. The fraction of sp³-hybridized carbons (Fsp3) is 0.870. The molecule has 27 heavy (non-hydrogen) atoms. The van der Waals surface area contributed by atoms with Crippen LogP contribution < -0.4 is 5.32 Å². The Kier molecular flexibility index (Phi) is 6.08. The third-order valence-corrected chi connectivity index (χ3v) is 8.82. The third-order valence-electron chi connectivity index (χ3n) is 8.82. The maximum atomic E-state index is 12.0. The van der Waals surface area contributed by atoms with E-state index in [2.05, 4.69) is 25.7 Å². The van der Waals surface area contributed by atoms with Crippen molar-refractivity contribution in [3.05, 3.63) is 12.2 Å². The van der Waals surface area contributed by atoms with Crippen molar-refractivity contribution < 1.29 is 15.0 Å². The summed E-state index contributed by atoms with van der Waals surface area (Å²) in [7, 11) is 0. The molecule has 0 bridgehead atoms. The molecule has 0 aromatic heterocycles. The van der Waals surface area contributed by atoms with Crippen LogP contribution in [0.1, 0.15) is 72.1 Å². The molecule has 0 aromatic carbocycles. The number of nitrogens with one attached hydrogen (secondary N) is 1. The van der Waals surface area contributed by atoms with E-state index in [1.54, 1.807) is 0 Å². The Hall–Kier alpha value is -0.870. The first-order chi connectivity index (χ1) is 12.8. The standard InChI is InChI=1S/C23H39NO3/c1-5-21(27)24-13-18-19-7-6-15(2)22(19,3)11-9-20(18)23(4)10-8-17(26)12-16(23)14-25/h16-20,25-26H,2,5-14H2,1,3-4H3,(H,24,27)/t16-,17+,18+,19+,20+,22-,23-/m1/s1. The van der Waals surface area contributed by atoms with Gasteiger partial charge in [-0.1, -0.05) is 32.9 Å². The number of hydrogen-bond acceptors (Lipinski definition) is 3. The van der Waals surface area contributed by atoms with Crippen molar-refractivity contribution in [2.45, 2.75) is 78.2 Å². The van der Waals surface area contributed by atoms with Crippen molar-refractivity contribution in [1.29, 1.82) is 0 Å². The average Bonchev–Trinajstić information content (AvgIpc) is 2.96. The minimum atomic E-state index is -0.284. The Morgan fingerprint density at radius 3 is 2.63 bits per heavy atom. The predicted octanol–water partition coefficient (Wildman–Crippen LogP) is 3.67. The summed E-state index contributed by atoms with van der Waals surface area (Å²) in [4.78, 5) is 12.0. The number of carbonyl (C=O) groups is 1. The van der Waals surface area contributed by atoms with Crippen molar-refractivity contribution in [3.8, 4) is 0 Å². The summed E-state index contributed by atoms with van der Waals surface area (Å²) in [5.41, 5.74) is 1.61. The van der Waals surface area contributed by atoms with Crippen LogP contribution in [0.2, 0.25) is 0 Å². The zero-order valence-corrected chi connectivity index (χ0v) is 17.5. The number of rotatable bonds is 5. The van der Waals surface area contributed by atoms with Crippen LogP contribution in [0.25, 0.3) is 0 Å². The van der Waals surface area contributed by atoms with Crippen molar-refractivity contribution in [2.24, 2.45) is 34.5 Å². The van der Waals surface area contributed by atoms with E-state index in [4.69, 9.17) is 0 Å². The lowest BCUT2D eigenvalue weighted by atomic mass is 9.49. The Morgan fingerprint density at radius 2 is 1.96 bits per heavy atom. The summed E-state index contributed by atoms with van der Waals surface area (Å²) in [5, 5.41) is 23.5. The largest absolute Gasteiger partial charge is 0.396 e. The van der Waals surface area contributed by atoms with E-state index in [1.807, 2.05) is 6.92 Å². The van der Waals surface area contributed by atoms with E-state index >= 15 is 0 Å². The molecule has 1 amide bonds. The molecule has 7 atom stereocenters. The second-order valence-electron chi connectivity index (χ2n) is 9.95. The zero-order valence-electron chi connectivity index (χ0n) is 17.5. The topological polar surface area (TPSA) is 69.6 Å². The van der Waals surface area contributed by atoms with E-state index in [-0.39, 0.29) is 35.4 Å². The molecule has 0 unspecified atom stereocenters. The molecule has 3 fully saturated rings. The second kappa shape index (κ2) is 7.87. The highest BCUT2D eigenvalue weighted by molar-refractivity contribution is 5.75. The Bertz CT molecular complexity index is 576. The predicted molar refractivity (Wildman–Crippen MR) is 108 cm³/mol. The van der Waals surface area contributed by atoms with Crippen LogP contribution in [0.3, 0.4) is 0 Å². The first-order valence-electron chi connectivity index (χ1n) is 11.0. The average molecular weight is 378 g/mol. The van der Waals surface area contributed by atoms with Gasteiger partial charge in [0.2, 0.25) is 5.91 Å². The van der Waals surface area contributed by atoms with E-state index in [1.165, 1.54) is 12.0 Å². The van der Waals surface area contributed by atoms with Gasteiger partial charge in [-0.15, -0.1) is 0 Å². The maximum Gasteiger partial charge on any atom is 0.219 e. The molecule has 4 heteroatoms. The van der Waals surface area contributed by atoms with Gasteiger partial charge in [0.25, 0.3) is 0 Å². The fourth-order valence-corrected chi connectivity index (χ4v) is 6.82. The summed E-state index contributed by atoms with van der Waals surface area (Å²) in [6.07, 6.45) is 7.29. The normalized spacial score (nSPS) is 44.8. The minimum absolute atomic E-state index is 0.0286. The van der Waals surface area contributed by atoms with Gasteiger partial charge in [0.05, 0.1) is 6.10 Å². The van der Waals surface area contributed by atoms with Gasteiger partial charge in [-0.05, 0) is 79.4 Å². The van der Waals surface area contributed by atoms with Crippen LogP contribution >= 0.6 is 0 Å². The summed E-state index contributed by atoms with van der Waals surface area (Å²) in [5.74, 6) is 1.73. The van der Waals surface area contributed by atoms with Crippen LogP contribution in [-0.2, 0) is 4.79 Å². The highest BCUT2D eigenvalue weighted by atomic mass is 16.3. The summed E-state index contributed by atoms with van der Waals surface area (Å²) < 4.78 is 0. The molecule has 3 aliphatic carbocycles. The Labute approximate surface area is 164 Å². The van der Waals surface area contributed by atoms with E-state index in [0.717, 1.165) is 38.6 Å².